The molecule has 6 heteroatoms. The third-order valence-electron chi connectivity index (χ3n) is 3.42. The van der Waals surface area contributed by atoms with Crippen molar-refractivity contribution >= 4 is 10.0 Å². The Labute approximate surface area is 114 Å². The average Bonchev–Trinajstić information content (AvgIpc) is 2.62. The molecule has 0 bridgehead atoms. The molecule has 2 rings (SSSR count). The number of fused-ring (bicyclic) bond motifs is 1. The summed E-state index contributed by atoms with van der Waals surface area (Å²) in [6.07, 6.45) is 0.526. The molecule has 1 atom stereocenters. The zero-order chi connectivity index (χ0) is 13.9. The van der Waals surface area contributed by atoms with Gasteiger partial charge in [-0.1, -0.05) is 25.1 Å². The van der Waals surface area contributed by atoms with Crippen molar-refractivity contribution in [1.29, 1.82) is 0 Å². The van der Waals surface area contributed by atoms with E-state index in [0.717, 1.165) is 11.3 Å². The quantitative estimate of drug-likeness (QED) is 0.893. The first-order chi connectivity index (χ1) is 9.09. The van der Waals surface area contributed by atoms with Crippen molar-refractivity contribution in [3.8, 4) is 5.75 Å². The second kappa shape index (κ2) is 5.90. The molecule has 0 radical (unpaired) electrons. The summed E-state index contributed by atoms with van der Waals surface area (Å²) < 4.78 is 32.1. The smallest absolute Gasteiger partial charge is 0.218 e. The fraction of sp³-hybridized carbons (Fsp3) is 0.538. The van der Waals surface area contributed by atoms with Crippen molar-refractivity contribution in [2.45, 2.75) is 25.1 Å². The maximum absolute atomic E-state index is 12.5. The Morgan fingerprint density at radius 2 is 2.16 bits per heavy atom. The molecule has 0 saturated carbocycles. The molecule has 0 saturated heterocycles. The largest absolute Gasteiger partial charge is 0.492 e. The lowest BCUT2D eigenvalue weighted by molar-refractivity contribution is 0.291. The number of para-hydroxylation sites is 1. The van der Waals surface area contributed by atoms with Crippen LogP contribution in [0.2, 0.25) is 0 Å². The standard InChI is InChI=1S/C13H20N2O3S/c1-2-12(9-14)19(16,17)15-7-8-18-13-6-4-3-5-11(13)10-15/h3-6,12H,2,7-10,14H2,1H3. The fourth-order valence-electron chi connectivity index (χ4n) is 2.23. The van der Waals surface area contributed by atoms with Crippen LogP contribution in [0, 0.1) is 0 Å². The Hall–Kier alpha value is -1.11. The van der Waals surface area contributed by atoms with Crippen LogP contribution in [0.5, 0.6) is 5.75 Å². The maximum Gasteiger partial charge on any atom is 0.218 e. The minimum atomic E-state index is -3.36. The second-order valence-electron chi connectivity index (χ2n) is 4.60. The van der Waals surface area contributed by atoms with Crippen molar-refractivity contribution < 1.29 is 13.2 Å². The number of hydrogen-bond donors (Lipinski definition) is 1. The van der Waals surface area contributed by atoms with Gasteiger partial charge in [-0.3, -0.25) is 0 Å². The predicted molar refractivity (Wildman–Crippen MR) is 74.4 cm³/mol. The van der Waals surface area contributed by atoms with E-state index >= 15 is 0 Å². The molecule has 0 fully saturated rings. The summed E-state index contributed by atoms with van der Waals surface area (Å²) in [6.45, 7) is 3.09. The van der Waals surface area contributed by atoms with Crippen LogP contribution in [0.25, 0.3) is 0 Å². The third kappa shape index (κ3) is 2.91. The highest BCUT2D eigenvalue weighted by atomic mass is 32.2. The first-order valence-corrected chi connectivity index (χ1v) is 7.99. The van der Waals surface area contributed by atoms with E-state index in [4.69, 9.17) is 10.5 Å². The van der Waals surface area contributed by atoms with Crippen molar-refractivity contribution in [3.63, 3.8) is 0 Å². The number of sulfonamides is 1. The molecule has 1 heterocycles. The lowest BCUT2D eigenvalue weighted by Gasteiger charge is -2.24. The van der Waals surface area contributed by atoms with Gasteiger partial charge in [0.15, 0.2) is 0 Å². The van der Waals surface area contributed by atoms with Crippen LogP contribution in [0.1, 0.15) is 18.9 Å². The van der Waals surface area contributed by atoms with Gasteiger partial charge in [-0.15, -0.1) is 0 Å². The zero-order valence-corrected chi connectivity index (χ0v) is 11.9. The van der Waals surface area contributed by atoms with E-state index in [1.54, 1.807) is 0 Å². The molecule has 5 nitrogen and oxygen atoms in total. The molecule has 1 unspecified atom stereocenters. The van der Waals surface area contributed by atoms with Gasteiger partial charge in [0, 0.05) is 25.2 Å². The first-order valence-electron chi connectivity index (χ1n) is 6.49. The number of rotatable bonds is 4. The Morgan fingerprint density at radius 3 is 2.84 bits per heavy atom. The van der Waals surface area contributed by atoms with Gasteiger partial charge in [-0.25, -0.2) is 8.42 Å². The highest BCUT2D eigenvalue weighted by Gasteiger charge is 2.31. The molecule has 1 aliphatic heterocycles. The van der Waals surface area contributed by atoms with Gasteiger partial charge in [0.05, 0.1) is 5.25 Å². The summed E-state index contributed by atoms with van der Waals surface area (Å²) in [5.74, 6) is 0.765. The molecule has 0 aromatic heterocycles. The van der Waals surface area contributed by atoms with Crippen LogP contribution < -0.4 is 10.5 Å². The van der Waals surface area contributed by atoms with Crippen LogP contribution >= 0.6 is 0 Å². The van der Waals surface area contributed by atoms with Crippen LogP contribution in [0.3, 0.4) is 0 Å². The molecule has 0 spiro atoms. The number of hydrogen-bond acceptors (Lipinski definition) is 4. The Morgan fingerprint density at radius 1 is 1.42 bits per heavy atom. The van der Waals surface area contributed by atoms with Gasteiger partial charge < -0.3 is 10.5 Å². The minimum Gasteiger partial charge on any atom is -0.492 e. The normalized spacial score (nSPS) is 18.2. The van der Waals surface area contributed by atoms with E-state index in [9.17, 15) is 8.42 Å². The third-order valence-corrected chi connectivity index (χ3v) is 5.82. The number of nitrogens with two attached hydrogens (primary N) is 1. The molecule has 0 aliphatic carbocycles. The summed E-state index contributed by atoms with van der Waals surface area (Å²) in [5, 5.41) is -0.516. The summed E-state index contributed by atoms with van der Waals surface area (Å²) in [4.78, 5) is 0. The van der Waals surface area contributed by atoms with Crippen LogP contribution in [-0.2, 0) is 16.6 Å². The first kappa shape index (κ1) is 14.3. The molecule has 1 aliphatic rings. The molecule has 2 N–H and O–H groups in total. The monoisotopic (exact) mass is 284 g/mol. The van der Waals surface area contributed by atoms with Gasteiger partial charge in [-0.2, -0.15) is 4.31 Å². The highest BCUT2D eigenvalue weighted by molar-refractivity contribution is 7.89. The van der Waals surface area contributed by atoms with Gasteiger partial charge in [0.1, 0.15) is 12.4 Å². The predicted octanol–water partition coefficient (Wildman–Crippen LogP) is 0.948. The van der Waals surface area contributed by atoms with Gasteiger partial charge in [-0.05, 0) is 12.5 Å². The molecule has 1 aromatic carbocycles. The number of nitrogens with zero attached hydrogens (tertiary/aromatic N) is 1. The number of ether oxygens (including phenoxy) is 1. The van der Waals surface area contributed by atoms with Crippen LogP contribution in [0.15, 0.2) is 24.3 Å². The molecule has 1 aromatic rings. The van der Waals surface area contributed by atoms with Crippen molar-refractivity contribution in [1.82, 2.24) is 4.31 Å². The summed E-state index contributed by atoms with van der Waals surface area (Å²) in [6, 6.07) is 7.54. The average molecular weight is 284 g/mol. The van der Waals surface area contributed by atoms with E-state index in [0.29, 0.717) is 26.1 Å². The second-order valence-corrected chi connectivity index (χ2v) is 6.81. The van der Waals surface area contributed by atoms with E-state index in [2.05, 4.69) is 0 Å². The van der Waals surface area contributed by atoms with Crippen molar-refractivity contribution in [2.75, 3.05) is 19.7 Å². The topological polar surface area (TPSA) is 72.6 Å². The maximum atomic E-state index is 12.5. The molecule has 106 valence electrons. The molecule has 19 heavy (non-hydrogen) atoms. The Balaban J connectivity index is 2.27. The van der Waals surface area contributed by atoms with E-state index < -0.39 is 15.3 Å². The Bertz CT molecular complexity index is 526. The molecule has 0 amide bonds. The highest BCUT2D eigenvalue weighted by Crippen LogP contribution is 2.25. The SMILES string of the molecule is CCC(CN)S(=O)(=O)N1CCOc2ccccc2C1. The lowest BCUT2D eigenvalue weighted by Crippen LogP contribution is -2.42. The van der Waals surface area contributed by atoms with Crippen LogP contribution in [-0.4, -0.2) is 37.7 Å². The molecular weight excluding hydrogens is 264 g/mol. The van der Waals surface area contributed by atoms with Crippen LogP contribution in [0.4, 0.5) is 0 Å². The van der Waals surface area contributed by atoms with Gasteiger partial charge >= 0.3 is 0 Å². The minimum absolute atomic E-state index is 0.151. The fourth-order valence-corrected chi connectivity index (χ4v) is 3.96. The summed E-state index contributed by atoms with van der Waals surface area (Å²) in [5.41, 5.74) is 6.47. The number of benzene rings is 1. The lowest BCUT2D eigenvalue weighted by atomic mass is 10.2. The van der Waals surface area contributed by atoms with E-state index in [1.807, 2.05) is 31.2 Å². The zero-order valence-electron chi connectivity index (χ0n) is 11.1. The van der Waals surface area contributed by atoms with Crippen molar-refractivity contribution in [3.05, 3.63) is 29.8 Å². The summed E-state index contributed by atoms with van der Waals surface area (Å²) in [7, 11) is -3.36. The summed E-state index contributed by atoms with van der Waals surface area (Å²) >= 11 is 0. The van der Waals surface area contributed by atoms with E-state index in [-0.39, 0.29) is 6.54 Å². The van der Waals surface area contributed by atoms with E-state index in [1.165, 1.54) is 4.31 Å². The van der Waals surface area contributed by atoms with Crippen molar-refractivity contribution in [2.24, 2.45) is 5.73 Å². The van der Waals surface area contributed by atoms with Gasteiger partial charge in [0.2, 0.25) is 10.0 Å². The van der Waals surface area contributed by atoms with Gasteiger partial charge in [0.25, 0.3) is 0 Å². The molecular formula is C13H20N2O3S. The Kier molecular flexibility index (Phi) is 4.44.